The summed E-state index contributed by atoms with van der Waals surface area (Å²) in [7, 11) is 1.61. The number of aromatic nitrogens is 1. The Balaban J connectivity index is 2.10. The van der Waals surface area contributed by atoms with Crippen molar-refractivity contribution in [3.05, 3.63) is 33.1 Å². The van der Waals surface area contributed by atoms with E-state index < -0.39 is 10.8 Å². The second-order valence-electron chi connectivity index (χ2n) is 4.28. The first-order valence-corrected chi connectivity index (χ1v) is 6.02. The summed E-state index contributed by atoms with van der Waals surface area (Å²) in [4.78, 5) is 25.8. The predicted molar refractivity (Wildman–Crippen MR) is 67.2 cm³/mol. The first-order chi connectivity index (χ1) is 9.01. The third kappa shape index (κ3) is 2.99. The molecule has 0 radical (unpaired) electrons. The zero-order chi connectivity index (χ0) is 14.0. The Morgan fingerprint density at radius 3 is 2.89 bits per heavy atom. The fraction of sp³-hybridized carbons (Fsp3) is 0.455. The van der Waals surface area contributed by atoms with Crippen LogP contribution in [-0.2, 0) is 4.74 Å². The number of pyridine rings is 1. The van der Waals surface area contributed by atoms with Crippen molar-refractivity contribution < 1.29 is 14.5 Å². The molecule has 0 saturated heterocycles. The maximum atomic E-state index is 12.0. The Bertz CT molecular complexity index is 517. The Morgan fingerprint density at radius 2 is 2.32 bits per heavy atom. The zero-order valence-electron chi connectivity index (χ0n) is 10.1. The van der Waals surface area contributed by atoms with Gasteiger partial charge in [0.1, 0.15) is 16.9 Å². The number of nitrogens with one attached hydrogen (secondary N) is 1. The monoisotopic (exact) mass is 285 g/mol. The van der Waals surface area contributed by atoms with E-state index in [1.54, 1.807) is 7.11 Å². The standard InChI is InChI=1S/C11H12ClN3O4/c1-19-7-2-6(3-7)14-11(16)8-4-10(12)13-5-9(8)15(17)18/h4-7H,2-3H2,1H3,(H,14,16). The normalized spacial score (nSPS) is 21.6. The van der Waals surface area contributed by atoms with E-state index >= 15 is 0 Å². The molecule has 1 aromatic heterocycles. The minimum absolute atomic E-state index is 0.0241. The van der Waals surface area contributed by atoms with Gasteiger partial charge >= 0.3 is 0 Å². The first-order valence-electron chi connectivity index (χ1n) is 5.65. The third-order valence-corrected chi connectivity index (χ3v) is 3.26. The second kappa shape index (κ2) is 5.50. The topological polar surface area (TPSA) is 94.4 Å². The van der Waals surface area contributed by atoms with Gasteiger partial charge in [0.2, 0.25) is 0 Å². The third-order valence-electron chi connectivity index (χ3n) is 3.05. The molecule has 1 fully saturated rings. The van der Waals surface area contributed by atoms with Gasteiger partial charge in [-0.1, -0.05) is 11.6 Å². The van der Waals surface area contributed by atoms with Gasteiger partial charge in [-0.05, 0) is 18.9 Å². The molecule has 2 rings (SSSR count). The molecule has 1 heterocycles. The number of nitrogens with zero attached hydrogens (tertiary/aromatic N) is 2. The van der Waals surface area contributed by atoms with Gasteiger partial charge in [0.15, 0.2) is 0 Å². The van der Waals surface area contributed by atoms with E-state index in [1.165, 1.54) is 6.07 Å². The number of halogens is 1. The summed E-state index contributed by atoms with van der Waals surface area (Å²) in [5.41, 5.74) is -0.435. The summed E-state index contributed by atoms with van der Waals surface area (Å²) < 4.78 is 5.09. The van der Waals surface area contributed by atoms with Crippen molar-refractivity contribution in [2.45, 2.75) is 25.0 Å². The van der Waals surface area contributed by atoms with E-state index in [0.29, 0.717) is 12.8 Å². The number of carbonyl (C=O) groups excluding carboxylic acids is 1. The van der Waals surface area contributed by atoms with Crippen molar-refractivity contribution in [2.24, 2.45) is 0 Å². The smallest absolute Gasteiger partial charge is 0.300 e. The Kier molecular flexibility index (Phi) is 3.96. The summed E-state index contributed by atoms with van der Waals surface area (Å²) in [6.45, 7) is 0. The van der Waals surface area contributed by atoms with Crippen molar-refractivity contribution in [2.75, 3.05) is 7.11 Å². The lowest BCUT2D eigenvalue weighted by Crippen LogP contribution is -2.47. The van der Waals surface area contributed by atoms with E-state index in [2.05, 4.69) is 10.3 Å². The molecule has 0 aliphatic heterocycles. The number of methoxy groups -OCH3 is 1. The Hall–Kier alpha value is -1.73. The number of rotatable bonds is 4. The molecule has 7 nitrogen and oxygen atoms in total. The average molecular weight is 286 g/mol. The number of hydrogen-bond acceptors (Lipinski definition) is 5. The van der Waals surface area contributed by atoms with Gasteiger partial charge in [-0.2, -0.15) is 0 Å². The van der Waals surface area contributed by atoms with Crippen LogP contribution in [0.3, 0.4) is 0 Å². The molecule has 102 valence electrons. The summed E-state index contributed by atoms with van der Waals surface area (Å²) in [6, 6.07) is 1.17. The fourth-order valence-corrected chi connectivity index (χ4v) is 2.05. The Morgan fingerprint density at radius 1 is 1.63 bits per heavy atom. The molecule has 1 saturated carbocycles. The molecule has 19 heavy (non-hydrogen) atoms. The van der Waals surface area contributed by atoms with Crippen LogP contribution in [-0.4, -0.2) is 35.1 Å². The maximum absolute atomic E-state index is 12.0. The van der Waals surface area contributed by atoms with Crippen LogP contribution in [0.5, 0.6) is 0 Å². The van der Waals surface area contributed by atoms with E-state index in [-0.39, 0.29) is 28.5 Å². The van der Waals surface area contributed by atoms with Crippen LogP contribution in [0.1, 0.15) is 23.2 Å². The highest BCUT2D eigenvalue weighted by atomic mass is 35.5. The van der Waals surface area contributed by atoms with Crippen LogP contribution in [0, 0.1) is 10.1 Å². The number of amides is 1. The van der Waals surface area contributed by atoms with Crippen molar-refractivity contribution in [3.8, 4) is 0 Å². The average Bonchev–Trinajstić information content (AvgIpc) is 2.32. The van der Waals surface area contributed by atoms with Crippen LogP contribution in [0.2, 0.25) is 5.15 Å². The van der Waals surface area contributed by atoms with Crippen LogP contribution in [0.4, 0.5) is 5.69 Å². The summed E-state index contributed by atoms with van der Waals surface area (Å²) in [6.07, 6.45) is 2.53. The van der Waals surface area contributed by atoms with Crippen molar-refractivity contribution in [3.63, 3.8) is 0 Å². The molecule has 0 unspecified atom stereocenters. The SMILES string of the molecule is COC1CC(NC(=O)c2cc(Cl)ncc2[N+](=O)[O-])C1. The van der Waals surface area contributed by atoms with E-state index in [4.69, 9.17) is 16.3 Å². The zero-order valence-corrected chi connectivity index (χ0v) is 10.9. The van der Waals surface area contributed by atoms with Gasteiger partial charge in [-0.25, -0.2) is 4.98 Å². The molecular formula is C11H12ClN3O4. The first kappa shape index (κ1) is 13.7. The van der Waals surface area contributed by atoms with Crippen LogP contribution in [0.15, 0.2) is 12.3 Å². The van der Waals surface area contributed by atoms with Crippen molar-refractivity contribution in [1.29, 1.82) is 0 Å². The quantitative estimate of drug-likeness (QED) is 0.514. The highest BCUT2D eigenvalue weighted by molar-refractivity contribution is 6.29. The minimum Gasteiger partial charge on any atom is -0.381 e. The van der Waals surface area contributed by atoms with Crippen molar-refractivity contribution >= 4 is 23.2 Å². The second-order valence-corrected chi connectivity index (χ2v) is 4.67. The van der Waals surface area contributed by atoms with Gasteiger partial charge < -0.3 is 10.1 Å². The number of ether oxygens (including phenoxy) is 1. The molecule has 1 N–H and O–H groups in total. The summed E-state index contributed by atoms with van der Waals surface area (Å²) >= 11 is 5.66. The van der Waals surface area contributed by atoms with E-state index in [1.807, 2.05) is 0 Å². The molecule has 1 aromatic rings. The van der Waals surface area contributed by atoms with E-state index in [9.17, 15) is 14.9 Å². The largest absolute Gasteiger partial charge is 0.381 e. The van der Waals surface area contributed by atoms with Gasteiger partial charge in [-0.15, -0.1) is 0 Å². The van der Waals surface area contributed by atoms with Crippen molar-refractivity contribution in [1.82, 2.24) is 10.3 Å². The highest BCUT2D eigenvalue weighted by Crippen LogP contribution is 2.25. The molecule has 0 bridgehead atoms. The van der Waals surface area contributed by atoms with Crippen LogP contribution in [0.25, 0.3) is 0 Å². The molecule has 0 atom stereocenters. The Labute approximate surface area is 114 Å². The summed E-state index contributed by atoms with van der Waals surface area (Å²) in [5, 5.41) is 13.6. The molecule has 0 aromatic carbocycles. The fourth-order valence-electron chi connectivity index (χ4n) is 1.89. The molecular weight excluding hydrogens is 274 g/mol. The predicted octanol–water partition coefficient (Wildman–Crippen LogP) is 1.55. The number of hydrogen-bond donors (Lipinski definition) is 1. The van der Waals surface area contributed by atoms with E-state index in [0.717, 1.165) is 6.20 Å². The van der Waals surface area contributed by atoms with Crippen LogP contribution >= 0.6 is 11.6 Å². The van der Waals surface area contributed by atoms with Crippen LogP contribution < -0.4 is 5.32 Å². The molecule has 1 aliphatic carbocycles. The molecule has 1 aliphatic rings. The molecule has 0 spiro atoms. The molecule has 1 amide bonds. The lowest BCUT2D eigenvalue weighted by Gasteiger charge is -2.34. The van der Waals surface area contributed by atoms with Gasteiger partial charge in [-0.3, -0.25) is 14.9 Å². The highest BCUT2D eigenvalue weighted by Gasteiger charge is 2.32. The van der Waals surface area contributed by atoms with Gasteiger partial charge in [0.05, 0.1) is 11.0 Å². The summed E-state index contributed by atoms with van der Waals surface area (Å²) in [5.74, 6) is -0.518. The lowest BCUT2D eigenvalue weighted by molar-refractivity contribution is -0.385. The van der Waals surface area contributed by atoms with Gasteiger partial charge in [0, 0.05) is 13.2 Å². The minimum atomic E-state index is -0.656. The van der Waals surface area contributed by atoms with Gasteiger partial charge in [0.25, 0.3) is 11.6 Å². The number of nitro groups is 1. The maximum Gasteiger partial charge on any atom is 0.300 e. The molecule has 8 heteroatoms. The lowest BCUT2D eigenvalue weighted by atomic mass is 9.89. The number of carbonyl (C=O) groups is 1.